The summed E-state index contributed by atoms with van der Waals surface area (Å²) in [5.74, 6) is 0.0628. The summed E-state index contributed by atoms with van der Waals surface area (Å²) in [7, 11) is 1.56. The van der Waals surface area contributed by atoms with Crippen LogP contribution < -0.4 is 14.8 Å². The number of methoxy groups -OCH3 is 1. The van der Waals surface area contributed by atoms with Gasteiger partial charge in [-0.25, -0.2) is 4.79 Å². The molecule has 0 aliphatic carbocycles. The molecule has 3 aromatic rings. The second-order valence-corrected chi connectivity index (χ2v) is 7.55. The van der Waals surface area contributed by atoms with Gasteiger partial charge in [-0.15, -0.1) is 0 Å². The fraction of sp³-hybridized carbons (Fsp3) is 0.136. The maximum absolute atomic E-state index is 11.1. The van der Waals surface area contributed by atoms with Crippen molar-refractivity contribution in [2.45, 2.75) is 13.2 Å². The molecule has 0 unspecified atom stereocenters. The van der Waals surface area contributed by atoms with Crippen molar-refractivity contribution in [2.75, 3.05) is 12.4 Å². The molecular weight excluding hydrogens is 449 g/mol. The summed E-state index contributed by atoms with van der Waals surface area (Å²) in [6, 6.07) is 15.5. The van der Waals surface area contributed by atoms with Gasteiger partial charge in [0.15, 0.2) is 11.5 Å². The average Bonchev–Trinajstić information content (AvgIpc) is 2.72. The van der Waals surface area contributed by atoms with E-state index in [2.05, 4.69) is 5.32 Å². The fourth-order valence-corrected chi connectivity index (χ4v) is 3.53. The van der Waals surface area contributed by atoms with Crippen LogP contribution >= 0.6 is 34.8 Å². The van der Waals surface area contributed by atoms with E-state index in [9.17, 15) is 4.79 Å². The van der Waals surface area contributed by atoms with Gasteiger partial charge in [-0.05, 0) is 48.0 Å². The van der Waals surface area contributed by atoms with Gasteiger partial charge in [0, 0.05) is 27.8 Å². The van der Waals surface area contributed by atoms with Crippen molar-refractivity contribution in [3.63, 3.8) is 0 Å². The third-order valence-corrected chi connectivity index (χ3v) is 5.38. The Labute approximate surface area is 189 Å². The van der Waals surface area contributed by atoms with E-state index in [1.165, 1.54) is 6.07 Å². The van der Waals surface area contributed by atoms with Gasteiger partial charge >= 0.3 is 5.97 Å². The van der Waals surface area contributed by atoms with E-state index in [0.29, 0.717) is 39.3 Å². The van der Waals surface area contributed by atoms with Crippen LogP contribution in [0.3, 0.4) is 0 Å². The van der Waals surface area contributed by atoms with Gasteiger partial charge in [-0.2, -0.15) is 0 Å². The molecule has 2 N–H and O–H groups in total. The Hall–Kier alpha value is -2.60. The van der Waals surface area contributed by atoms with Crippen LogP contribution in [-0.4, -0.2) is 18.2 Å². The SMILES string of the molecule is COc1cc(CNc2ccc(C(=O)O)c(Cl)c2)ccc1OCc1c(Cl)cccc1Cl. The van der Waals surface area contributed by atoms with Gasteiger partial charge in [0.1, 0.15) is 6.61 Å². The van der Waals surface area contributed by atoms with E-state index < -0.39 is 5.97 Å². The first-order valence-electron chi connectivity index (χ1n) is 8.88. The Bertz CT molecular complexity index is 1050. The van der Waals surface area contributed by atoms with E-state index in [1.807, 2.05) is 12.1 Å². The molecule has 0 bridgehead atoms. The molecule has 0 heterocycles. The maximum atomic E-state index is 11.1. The average molecular weight is 467 g/mol. The first-order valence-corrected chi connectivity index (χ1v) is 10.0. The second kappa shape index (κ2) is 9.94. The number of aromatic carboxylic acids is 1. The molecule has 156 valence electrons. The number of ether oxygens (including phenoxy) is 2. The highest BCUT2D eigenvalue weighted by Crippen LogP contribution is 2.32. The van der Waals surface area contributed by atoms with E-state index in [1.54, 1.807) is 43.5 Å². The predicted molar refractivity (Wildman–Crippen MR) is 120 cm³/mol. The predicted octanol–water partition coefficient (Wildman–Crippen LogP) is 6.54. The van der Waals surface area contributed by atoms with Crippen molar-refractivity contribution < 1.29 is 19.4 Å². The van der Waals surface area contributed by atoms with E-state index in [-0.39, 0.29) is 17.2 Å². The first-order chi connectivity index (χ1) is 14.4. The van der Waals surface area contributed by atoms with Crippen LogP contribution in [0.4, 0.5) is 5.69 Å². The lowest BCUT2D eigenvalue weighted by atomic mass is 10.1. The van der Waals surface area contributed by atoms with Crippen LogP contribution in [0.5, 0.6) is 11.5 Å². The molecule has 0 atom stereocenters. The van der Waals surface area contributed by atoms with Gasteiger partial charge in [0.2, 0.25) is 0 Å². The minimum atomic E-state index is -1.06. The number of benzene rings is 3. The summed E-state index contributed by atoms with van der Waals surface area (Å²) < 4.78 is 11.3. The molecule has 0 fully saturated rings. The van der Waals surface area contributed by atoms with Gasteiger partial charge < -0.3 is 19.9 Å². The zero-order valence-electron chi connectivity index (χ0n) is 15.9. The van der Waals surface area contributed by atoms with Gasteiger partial charge in [-0.1, -0.05) is 46.9 Å². The van der Waals surface area contributed by atoms with Gasteiger partial charge in [0.25, 0.3) is 0 Å². The Morgan fingerprint density at radius 2 is 1.70 bits per heavy atom. The normalized spacial score (nSPS) is 10.5. The number of anilines is 1. The highest BCUT2D eigenvalue weighted by molar-refractivity contribution is 6.36. The molecule has 0 amide bonds. The van der Waals surface area contributed by atoms with Crippen molar-refractivity contribution in [2.24, 2.45) is 0 Å². The first kappa shape index (κ1) is 22.1. The van der Waals surface area contributed by atoms with E-state index in [0.717, 1.165) is 5.56 Å². The van der Waals surface area contributed by atoms with Crippen LogP contribution in [0.1, 0.15) is 21.5 Å². The molecule has 0 saturated carbocycles. The molecular formula is C22H18Cl3NO4. The number of carboxylic acid groups (broad SMARTS) is 1. The van der Waals surface area contributed by atoms with Crippen molar-refractivity contribution in [3.8, 4) is 11.5 Å². The van der Waals surface area contributed by atoms with Crippen molar-refractivity contribution in [3.05, 3.63) is 86.4 Å². The van der Waals surface area contributed by atoms with Gasteiger partial charge in [0.05, 0.1) is 17.7 Å². The number of rotatable bonds is 8. The zero-order chi connectivity index (χ0) is 21.7. The van der Waals surface area contributed by atoms with Crippen molar-refractivity contribution >= 4 is 46.5 Å². The number of carbonyl (C=O) groups is 1. The Kier molecular flexibility index (Phi) is 7.32. The minimum absolute atomic E-state index is 0.0593. The molecule has 30 heavy (non-hydrogen) atoms. The van der Waals surface area contributed by atoms with Crippen LogP contribution in [0, 0.1) is 0 Å². The summed E-state index contributed by atoms with van der Waals surface area (Å²) in [5, 5.41) is 13.5. The third kappa shape index (κ3) is 5.30. The highest BCUT2D eigenvalue weighted by Gasteiger charge is 2.11. The quantitative estimate of drug-likeness (QED) is 0.394. The fourth-order valence-electron chi connectivity index (χ4n) is 2.76. The summed E-state index contributed by atoms with van der Waals surface area (Å²) >= 11 is 18.4. The standard InChI is InChI=1S/C22H18Cl3NO4/c1-29-21-9-13(11-26-14-6-7-15(22(27)28)19(25)10-14)5-8-20(21)30-12-16-17(23)3-2-4-18(16)24/h2-10,26H,11-12H2,1H3,(H,27,28). The molecule has 0 aromatic heterocycles. The number of hydrogen-bond donors (Lipinski definition) is 2. The topological polar surface area (TPSA) is 67.8 Å². The summed E-state index contributed by atoms with van der Waals surface area (Å²) in [5.41, 5.74) is 2.41. The molecule has 0 aliphatic rings. The smallest absolute Gasteiger partial charge is 0.337 e. The minimum Gasteiger partial charge on any atom is -0.493 e. The molecule has 5 nitrogen and oxygen atoms in total. The Morgan fingerprint density at radius 1 is 0.967 bits per heavy atom. The number of hydrogen-bond acceptors (Lipinski definition) is 4. The van der Waals surface area contributed by atoms with Gasteiger partial charge in [-0.3, -0.25) is 0 Å². The van der Waals surface area contributed by atoms with E-state index in [4.69, 9.17) is 49.4 Å². The summed E-state index contributed by atoms with van der Waals surface area (Å²) in [4.78, 5) is 11.1. The third-order valence-electron chi connectivity index (χ3n) is 4.36. The van der Waals surface area contributed by atoms with Crippen LogP contribution in [0.15, 0.2) is 54.6 Å². The molecule has 0 aliphatic heterocycles. The summed E-state index contributed by atoms with van der Waals surface area (Å²) in [6.45, 7) is 0.691. The van der Waals surface area contributed by atoms with Crippen LogP contribution in [0.25, 0.3) is 0 Å². The molecule has 3 aromatic carbocycles. The number of nitrogens with one attached hydrogen (secondary N) is 1. The summed E-state index contributed by atoms with van der Waals surface area (Å²) in [6.07, 6.45) is 0. The van der Waals surface area contributed by atoms with E-state index >= 15 is 0 Å². The second-order valence-electron chi connectivity index (χ2n) is 6.33. The van der Waals surface area contributed by atoms with Crippen molar-refractivity contribution in [1.82, 2.24) is 0 Å². The molecule has 8 heteroatoms. The molecule has 0 spiro atoms. The lowest BCUT2D eigenvalue weighted by Crippen LogP contribution is -2.03. The molecule has 3 rings (SSSR count). The van der Waals surface area contributed by atoms with Crippen molar-refractivity contribution in [1.29, 1.82) is 0 Å². The maximum Gasteiger partial charge on any atom is 0.337 e. The Morgan fingerprint density at radius 3 is 2.33 bits per heavy atom. The lowest BCUT2D eigenvalue weighted by Gasteiger charge is -2.14. The zero-order valence-corrected chi connectivity index (χ0v) is 18.2. The highest BCUT2D eigenvalue weighted by atomic mass is 35.5. The molecule has 0 saturated heterocycles. The lowest BCUT2D eigenvalue weighted by molar-refractivity contribution is 0.0697. The molecule has 0 radical (unpaired) electrons. The van der Waals surface area contributed by atoms with Crippen LogP contribution in [0.2, 0.25) is 15.1 Å². The number of halogens is 3. The monoisotopic (exact) mass is 465 g/mol. The number of carboxylic acids is 1. The largest absolute Gasteiger partial charge is 0.493 e. The Balaban J connectivity index is 1.68. The van der Waals surface area contributed by atoms with Crippen LogP contribution in [-0.2, 0) is 13.2 Å².